The molecule has 3 saturated carbocycles. The summed E-state index contributed by atoms with van der Waals surface area (Å²) in [7, 11) is 0. The summed E-state index contributed by atoms with van der Waals surface area (Å²) in [6.45, 7) is 4.41. The molecule has 0 saturated heterocycles. The predicted molar refractivity (Wildman–Crippen MR) is 86.5 cm³/mol. The van der Waals surface area contributed by atoms with Crippen LogP contribution in [0.1, 0.15) is 52.4 Å². The zero-order valence-electron chi connectivity index (χ0n) is 14.2. The second-order valence-corrected chi connectivity index (χ2v) is 9.03. The fourth-order valence-corrected chi connectivity index (χ4v) is 6.71. The first-order valence-corrected chi connectivity index (χ1v) is 9.22. The monoisotopic (exact) mass is 322 g/mol. The molecule has 23 heavy (non-hydrogen) atoms. The van der Waals surface area contributed by atoms with Crippen LogP contribution in [0.25, 0.3) is 0 Å². The Hall–Kier alpha value is -0.420. The van der Waals surface area contributed by atoms with E-state index in [9.17, 15) is 20.4 Å². The highest BCUT2D eigenvalue weighted by atomic mass is 16.3. The van der Waals surface area contributed by atoms with E-state index in [2.05, 4.69) is 19.9 Å². The van der Waals surface area contributed by atoms with E-state index in [1.807, 2.05) is 0 Å². The van der Waals surface area contributed by atoms with E-state index in [4.69, 9.17) is 0 Å². The zero-order valence-corrected chi connectivity index (χ0v) is 14.2. The van der Waals surface area contributed by atoms with Crippen LogP contribution in [0.3, 0.4) is 0 Å². The predicted octanol–water partition coefficient (Wildman–Crippen LogP) is 1.61. The second-order valence-electron chi connectivity index (χ2n) is 9.03. The lowest BCUT2D eigenvalue weighted by atomic mass is 9.47. The summed E-state index contributed by atoms with van der Waals surface area (Å²) in [5.41, 5.74) is 0.830. The molecule has 0 amide bonds. The second kappa shape index (κ2) is 5.04. The van der Waals surface area contributed by atoms with Gasteiger partial charge < -0.3 is 20.4 Å². The number of rotatable bonds is 0. The van der Waals surface area contributed by atoms with Crippen LogP contribution in [-0.2, 0) is 0 Å². The van der Waals surface area contributed by atoms with Crippen LogP contribution < -0.4 is 0 Å². The molecule has 0 aliphatic heterocycles. The van der Waals surface area contributed by atoms with Crippen molar-refractivity contribution in [1.29, 1.82) is 0 Å². The van der Waals surface area contributed by atoms with Crippen molar-refractivity contribution >= 4 is 0 Å². The Morgan fingerprint density at radius 1 is 0.957 bits per heavy atom. The van der Waals surface area contributed by atoms with Crippen molar-refractivity contribution in [2.45, 2.75) is 76.8 Å². The van der Waals surface area contributed by atoms with Gasteiger partial charge in [-0.15, -0.1) is 0 Å². The van der Waals surface area contributed by atoms with Gasteiger partial charge in [-0.3, -0.25) is 0 Å². The number of aliphatic hydroxyl groups is 4. The molecule has 0 aromatic heterocycles. The molecule has 0 radical (unpaired) electrons. The van der Waals surface area contributed by atoms with Crippen molar-refractivity contribution in [3.63, 3.8) is 0 Å². The molecule has 0 spiro atoms. The lowest BCUT2D eigenvalue weighted by Gasteiger charge is -2.58. The van der Waals surface area contributed by atoms with Crippen LogP contribution in [0.5, 0.6) is 0 Å². The SMILES string of the molecule is C[C@]12CCC(O)C(O)C1=CC[C@@H]1[C@H]2CC[C@]2(C)C(O)C(O)C[C@@H]12. The van der Waals surface area contributed by atoms with Crippen LogP contribution in [0.15, 0.2) is 11.6 Å². The van der Waals surface area contributed by atoms with Gasteiger partial charge in [0.05, 0.1) is 18.3 Å². The molecular formula is C19H30O4. The normalized spacial score (nSPS) is 58.9. The Morgan fingerprint density at radius 3 is 2.43 bits per heavy atom. The zero-order chi connectivity index (χ0) is 16.6. The average molecular weight is 322 g/mol. The van der Waals surface area contributed by atoms with Gasteiger partial charge in [0.2, 0.25) is 0 Å². The maximum atomic E-state index is 10.5. The summed E-state index contributed by atoms with van der Waals surface area (Å²) in [4.78, 5) is 0. The van der Waals surface area contributed by atoms with Gasteiger partial charge in [-0.1, -0.05) is 19.9 Å². The summed E-state index contributed by atoms with van der Waals surface area (Å²) >= 11 is 0. The van der Waals surface area contributed by atoms with Gasteiger partial charge in [-0.05, 0) is 72.7 Å². The van der Waals surface area contributed by atoms with Crippen molar-refractivity contribution in [3.05, 3.63) is 11.6 Å². The van der Waals surface area contributed by atoms with Crippen LogP contribution >= 0.6 is 0 Å². The van der Waals surface area contributed by atoms with E-state index in [0.29, 0.717) is 30.6 Å². The highest BCUT2D eigenvalue weighted by Crippen LogP contribution is 2.64. The molecule has 4 N–H and O–H groups in total. The van der Waals surface area contributed by atoms with Crippen molar-refractivity contribution in [2.24, 2.45) is 28.6 Å². The van der Waals surface area contributed by atoms with Crippen LogP contribution in [0.2, 0.25) is 0 Å². The summed E-state index contributed by atoms with van der Waals surface area (Å²) in [6.07, 6.45) is 4.78. The molecule has 130 valence electrons. The van der Waals surface area contributed by atoms with E-state index in [1.54, 1.807) is 0 Å². The molecule has 3 fully saturated rings. The first-order valence-electron chi connectivity index (χ1n) is 9.22. The molecule has 4 aliphatic carbocycles. The molecule has 4 unspecified atom stereocenters. The number of hydrogen-bond acceptors (Lipinski definition) is 4. The Morgan fingerprint density at radius 2 is 1.70 bits per heavy atom. The van der Waals surface area contributed by atoms with Crippen LogP contribution in [-0.4, -0.2) is 44.8 Å². The summed E-state index contributed by atoms with van der Waals surface area (Å²) < 4.78 is 0. The Labute approximate surface area is 138 Å². The molecule has 0 heterocycles. The first kappa shape index (κ1) is 16.1. The molecule has 4 heteroatoms. The fraction of sp³-hybridized carbons (Fsp3) is 0.895. The van der Waals surface area contributed by atoms with Gasteiger partial charge in [0, 0.05) is 0 Å². The molecule has 0 bridgehead atoms. The maximum Gasteiger partial charge on any atom is 0.101 e. The molecule has 9 atom stereocenters. The van der Waals surface area contributed by atoms with Crippen LogP contribution in [0.4, 0.5) is 0 Å². The van der Waals surface area contributed by atoms with E-state index < -0.39 is 24.4 Å². The minimum Gasteiger partial charge on any atom is -0.390 e. The van der Waals surface area contributed by atoms with Crippen LogP contribution in [0, 0.1) is 28.6 Å². The Kier molecular flexibility index (Phi) is 3.52. The Balaban J connectivity index is 1.70. The molecule has 4 aliphatic rings. The van der Waals surface area contributed by atoms with Crippen molar-refractivity contribution < 1.29 is 20.4 Å². The topological polar surface area (TPSA) is 80.9 Å². The van der Waals surface area contributed by atoms with Crippen molar-refractivity contribution in [3.8, 4) is 0 Å². The number of hydrogen-bond donors (Lipinski definition) is 4. The Bertz CT molecular complexity index is 531. The maximum absolute atomic E-state index is 10.5. The summed E-state index contributed by atoms with van der Waals surface area (Å²) in [5.74, 6) is 1.31. The smallest absolute Gasteiger partial charge is 0.101 e. The van der Waals surface area contributed by atoms with E-state index >= 15 is 0 Å². The number of fused-ring (bicyclic) bond motifs is 5. The molecular weight excluding hydrogens is 292 g/mol. The standard InChI is InChI=1S/C19H30O4/c1-18-8-6-14(20)16(22)12(18)4-3-10-11(18)5-7-19(2)13(10)9-15(21)17(19)23/h4,10-11,13-17,20-23H,3,5-9H2,1-2H3/t10-,11-,13+,14?,15?,16?,17?,18-,19+/m1/s1. The summed E-state index contributed by atoms with van der Waals surface area (Å²) in [5, 5.41) is 41.2. The molecule has 4 rings (SSSR count). The highest BCUT2D eigenvalue weighted by molar-refractivity contribution is 5.29. The van der Waals surface area contributed by atoms with Crippen molar-refractivity contribution in [1.82, 2.24) is 0 Å². The van der Waals surface area contributed by atoms with Gasteiger partial charge in [0.15, 0.2) is 0 Å². The number of allylic oxidation sites excluding steroid dienone is 1. The minimum absolute atomic E-state index is 0.0403. The third-order valence-corrected chi connectivity index (χ3v) is 8.14. The van der Waals surface area contributed by atoms with Gasteiger partial charge in [-0.25, -0.2) is 0 Å². The van der Waals surface area contributed by atoms with Gasteiger partial charge in [0.1, 0.15) is 6.10 Å². The molecule has 0 aromatic rings. The lowest BCUT2D eigenvalue weighted by molar-refractivity contribution is -0.0941. The first-order chi connectivity index (χ1) is 10.8. The minimum atomic E-state index is -0.720. The summed E-state index contributed by atoms with van der Waals surface area (Å²) in [6, 6.07) is 0. The van der Waals surface area contributed by atoms with E-state index in [0.717, 1.165) is 31.3 Å². The quantitative estimate of drug-likeness (QED) is 0.511. The van der Waals surface area contributed by atoms with E-state index in [-0.39, 0.29) is 10.8 Å². The lowest BCUT2D eigenvalue weighted by Crippen LogP contribution is -2.54. The third-order valence-electron chi connectivity index (χ3n) is 8.14. The van der Waals surface area contributed by atoms with E-state index in [1.165, 1.54) is 0 Å². The highest BCUT2D eigenvalue weighted by Gasteiger charge is 2.61. The number of aliphatic hydroxyl groups excluding tert-OH is 4. The molecule has 0 aromatic carbocycles. The average Bonchev–Trinajstić information content (AvgIpc) is 2.75. The van der Waals surface area contributed by atoms with Gasteiger partial charge >= 0.3 is 0 Å². The molecule has 4 nitrogen and oxygen atoms in total. The largest absolute Gasteiger partial charge is 0.390 e. The van der Waals surface area contributed by atoms with Gasteiger partial charge in [-0.2, -0.15) is 0 Å². The fourth-order valence-electron chi connectivity index (χ4n) is 6.71. The van der Waals surface area contributed by atoms with Gasteiger partial charge in [0.25, 0.3) is 0 Å². The third kappa shape index (κ3) is 1.98. The van der Waals surface area contributed by atoms with Crippen molar-refractivity contribution in [2.75, 3.05) is 0 Å².